The van der Waals surface area contributed by atoms with Crippen molar-refractivity contribution in [2.24, 2.45) is 5.73 Å². The van der Waals surface area contributed by atoms with Gasteiger partial charge in [-0.05, 0) is 6.92 Å². The van der Waals surface area contributed by atoms with E-state index in [-0.39, 0.29) is 14.6 Å². The normalized spacial score (nSPS) is 12.5. The summed E-state index contributed by atoms with van der Waals surface area (Å²) in [6.45, 7) is 1.78. The van der Waals surface area contributed by atoms with Crippen LogP contribution >= 0.6 is 0 Å². The lowest BCUT2D eigenvalue weighted by molar-refractivity contribution is 0.124. The Kier molecular flexibility index (Phi) is 7.78. The largest absolute Gasteiger partial charge is 0.367 e. The van der Waals surface area contributed by atoms with E-state index in [0.29, 0.717) is 0 Å². The second-order valence-electron chi connectivity index (χ2n) is 0.941. The molecule has 2 nitrogen and oxygen atoms in total. The predicted octanol–water partition coefficient (Wildman–Crippen LogP) is -0.443. The summed E-state index contributed by atoms with van der Waals surface area (Å²) in [6.07, 6.45) is -0.116. The minimum Gasteiger partial charge on any atom is -0.367 e. The van der Waals surface area contributed by atoms with Crippen molar-refractivity contribution in [3.05, 3.63) is 0 Å². The van der Waals surface area contributed by atoms with Gasteiger partial charge in [0.05, 0.1) is 0 Å². The fourth-order valence-electron chi connectivity index (χ4n) is 0. The maximum Gasteiger partial charge on any atom is 0.102 e. The monoisotopic (exact) mass is 86.1 g/mol. The van der Waals surface area contributed by atoms with E-state index >= 15 is 0 Å². The van der Waals surface area contributed by atoms with Crippen LogP contribution < -0.4 is 5.73 Å². The Labute approximate surface area is 40.2 Å². The minimum atomic E-state index is -0.116. The zero-order chi connectivity index (χ0) is 4.28. The molecule has 2 N–H and O–H groups in total. The summed E-state index contributed by atoms with van der Waals surface area (Å²) in [7, 11) is 1.57. The molecule has 0 aromatic rings. The second-order valence-corrected chi connectivity index (χ2v) is 0.941. The summed E-state index contributed by atoms with van der Waals surface area (Å²) >= 11 is 0. The Hall–Kier alpha value is -0.0151. The number of rotatable bonds is 1. The molecule has 3 radical (unpaired) electrons. The average Bonchev–Trinajstić information content (AvgIpc) is 1.38. The third-order valence-electron chi connectivity index (χ3n) is 0.372. The molecule has 0 aliphatic carbocycles. The van der Waals surface area contributed by atoms with Crippen LogP contribution in [0.1, 0.15) is 6.92 Å². The van der Waals surface area contributed by atoms with Crippen molar-refractivity contribution in [3.63, 3.8) is 0 Å². The quantitative estimate of drug-likeness (QED) is 0.346. The van der Waals surface area contributed by atoms with E-state index in [1.54, 1.807) is 14.0 Å². The van der Waals surface area contributed by atoms with Gasteiger partial charge in [-0.15, -0.1) is 0 Å². The third-order valence-corrected chi connectivity index (χ3v) is 0.372. The van der Waals surface area contributed by atoms with Crippen LogP contribution in [0.15, 0.2) is 0 Å². The van der Waals surface area contributed by atoms with Gasteiger partial charge < -0.3 is 10.5 Å². The van der Waals surface area contributed by atoms with Crippen molar-refractivity contribution in [1.82, 2.24) is 0 Å². The first-order chi connectivity index (χ1) is 2.27. The van der Waals surface area contributed by atoms with Gasteiger partial charge in [0.15, 0.2) is 0 Å². The Morgan fingerprint density at radius 1 is 1.67 bits per heavy atom. The first-order valence-electron chi connectivity index (χ1n) is 1.55. The molecule has 0 fully saturated rings. The van der Waals surface area contributed by atoms with E-state index < -0.39 is 0 Å². The van der Waals surface area contributed by atoms with Gasteiger partial charge >= 0.3 is 0 Å². The molecule has 1 atom stereocenters. The molecule has 0 aromatic heterocycles. The fourth-order valence-corrected chi connectivity index (χ4v) is 0. The van der Waals surface area contributed by atoms with Gasteiger partial charge in [0.25, 0.3) is 0 Å². The molecule has 0 bridgehead atoms. The summed E-state index contributed by atoms with van der Waals surface area (Å²) in [4.78, 5) is 0. The number of hydrogen-bond donors (Lipinski definition) is 1. The highest BCUT2D eigenvalue weighted by Gasteiger charge is 1.78. The van der Waals surface area contributed by atoms with Crippen LogP contribution in [0.3, 0.4) is 0 Å². The van der Waals surface area contributed by atoms with Crippen LogP contribution in [0.5, 0.6) is 0 Å². The Morgan fingerprint density at radius 3 is 1.83 bits per heavy atom. The molecule has 0 aliphatic rings. The van der Waals surface area contributed by atoms with Gasteiger partial charge in [-0.3, -0.25) is 0 Å². The molecule has 0 saturated heterocycles. The van der Waals surface area contributed by atoms with Crippen molar-refractivity contribution >= 4 is 8.41 Å². The maximum absolute atomic E-state index is 5.07. The zero-order valence-corrected chi connectivity index (χ0v) is 4.14. The number of hydrogen-bond acceptors (Lipinski definition) is 2. The van der Waals surface area contributed by atoms with Crippen LogP contribution in [0, 0.1) is 0 Å². The highest BCUT2D eigenvalue weighted by molar-refractivity contribution is 5.75. The summed E-state index contributed by atoms with van der Waals surface area (Å²) in [5.41, 5.74) is 5.07. The highest BCUT2D eigenvalue weighted by Crippen LogP contribution is 1.66. The lowest BCUT2D eigenvalue weighted by atomic mass is 10.7. The van der Waals surface area contributed by atoms with Crippen LogP contribution in [0.4, 0.5) is 0 Å². The topological polar surface area (TPSA) is 35.2 Å². The smallest absolute Gasteiger partial charge is 0.102 e. The SMILES string of the molecule is COC(C)N.[B]. The van der Waals surface area contributed by atoms with E-state index in [1.807, 2.05) is 0 Å². The van der Waals surface area contributed by atoms with E-state index in [0.717, 1.165) is 0 Å². The fraction of sp³-hybridized carbons (Fsp3) is 1.00. The molecule has 0 heterocycles. The molecule has 6 heavy (non-hydrogen) atoms. The van der Waals surface area contributed by atoms with E-state index in [1.165, 1.54) is 0 Å². The van der Waals surface area contributed by atoms with Gasteiger partial charge in [-0.25, -0.2) is 0 Å². The Bertz CT molecular complexity index is 24.8. The van der Waals surface area contributed by atoms with Crippen molar-refractivity contribution in [2.45, 2.75) is 13.2 Å². The molecule has 0 aliphatic heterocycles. The molecule has 0 saturated carbocycles. The minimum absolute atomic E-state index is 0. The summed E-state index contributed by atoms with van der Waals surface area (Å²) in [5, 5.41) is 0. The first kappa shape index (κ1) is 9.37. The maximum atomic E-state index is 5.07. The molecule has 0 amide bonds. The third kappa shape index (κ3) is 9.01. The number of ether oxygens (including phenoxy) is 1. The van der Waals surface area contributed by atoms with E-state index in [4.69, 9.17) is 5.73 Å². The van der Waals surface area contributed by atoms with Gasteiger partial charge in [-0.2, -0.15) is 0 Å². The molecule has 0 rings (SSSR count). The lowest BCUT2D eigenvalue weighted by Gasteiger charge is -1.95. The molecule has 35 valence electrons. The van der Waals surface area contributed by atoms with Crippen LogP contribution in [0.2, 0.25) is 0 Å². The molecule has 1 unspecified atom stereocenters. The predicted molar refractivity (Wildman–Crippen MR) is 26.4 cm³/mol. The molecular weight excluding hydrogens is 76.9 g/mol. The van der Waals surface area contributed by atoms with Crippen LogP contribution in [-0.2, 0) is 4.74 Å². The molecule has 3 heteroatoms. The van der Waals surface area contributed by atoms with Gasteiger partial charge in [0, 0.05) is 15.5 Å². The molecular formula is C3H9BNO. The summed E-state index contributed by atoms with van der Waals surface area (Å²) in [6, 6.07) is 0. The van der Waals surface area contributed by atoms with Gasteiger partial charge in [0.1, 0.15) is 6.23 Å². The van der Waals surface area contributed by atoms with Crippen LogP contribution in [0.25, 0.3) is 0 Å². The Balaban J connectivity index is 0. The van der Waals surface area contributed by atoms with Gasteiger partial charge in [0.2, 0.25) is 0 Å². The molecule has 0 spiro atoms. The van der Waals surface area contributed by atoms with Crippen molar-refractivity contribution in [3.8, 4) is 0 Å². The van der Waals surface area contributed by atoms with Crippen molar-refractivity contribution in [2.75, 3.05) is 7.11 Å². The summed E-state index contributed by atoms with van der Waals surface area (Å²) in [5.74, 6) is 0. The number of methoxy groups -OCH3 is 1. The Morgan fingerprint density at radius 2 is 1.83 bits per heavy atom. The van der Waals surface area contributed by atoms with Crippen molar-refractivity contribution < 1.29 is 4.74 Å². The van der Waals surface area contributed by atoms with Crippen molar-refractivity contribution in [1.29, 1.82) is 0 Å². The number of nitrogens with two attached hydrogens (primary N) is 1. The standard InChI is InChI=1S/C3H9NO.B/c1-3(4)5-2;/h3H,4H2,1-2H3;. The van der Waals surface area contributed by atoms with E-state index in [9.17, 15) is 0 Å². The van der Waals surface area contributed by atoms with Gasteiger partial charge in [-0.1, -0.05) is 0 Å². The lowest BCUT2D eigenvalue weighted by Crippen LogP contribution is -2.15. The highest BCUT2D eigenvalue weighted by atomic mass is 16.5. The molecule has 0 aromatic carbocycles. The summed E-state index contributed by atoms with van der Waals surface area (Å²) < 4.78 is 4.53. The zero-order valence-electron chi connectivity index (χ0n) is 4.14. The van der Waals surface area contributed by atoms with Crippen LogP contribution in [-0.4, -0.2) is 21.8 Å². The van der Waals surface area contributed by atoms with E-state index in [2.05, 4.69) is 4.74 Å². The second kappa shape index (κ2) is 4.98. The average molecular weight is 85.9 g/mol. The first-order valence-corrected chi connectivity index (χ1v) is 1.55.